The van der Waals surface area contributed by atoms with Crippen molar-refractivity contribution in [2.24, 2.45) is 7.05 Å². The van der Waals surface area contributed by atoms with Gasteiger partial charge in [-0.1, -0.05) is 0 Å². The van der Waals surface area contributed by atoms with E-state index in [9.17, 15) is 9.18 Å². The van der Waals surface area contributed by atoms with Gasteiger partial charge in [-0.2, -0.15) is 5.10 Å². The summed E-state index contributed by atoms with van der Waals surface area (Å²) in [7, 11) is 3.22. The molecule has 2 aromatic heterocycles. The Bertz CT molecular complexity index is 859. The molecule has 0 atom stereocenters. The number of hydrogen-bond donors (Lipinski definition) is 1. The number of amides is 1. The van der Waals surface area contributed by atoms with Gasteiger partial charge in [-0.05, 0) is 12.1 Å². The largest absolute Gasteiger partial charge is 0.497 e. The first-order chi connectivity index (χ1) is 11.1. The normalized spacial score (nSPS) is 10.6. The quantitative estimate of drug-likeness (QED) is 0.797. The third-order valence-corrected chi connectivity index (χ3v) is 3.98. The van der Waals surface area contributed by atoms with E-state index in [-0.39, 0.29) is 11.6 Å². The lowest BCUT2D eigenvalue weighted by atomic mass is 10.2. The molecule has 0 saturated heterocycles. The van der Waals surface area contributed by atoms with Gasteiger partial charge in [0.2, 0.25) is 0 Å². The van der Waals surface area contributed by atoms with Gasteiger partial charge in [0, 0.05) is 30.3 Å². The van der Waals surface area contributed by atoms with E-state index in [0.29, 0.717) is 22.0 Å². The fourth-order valence-electron chi connectivity index (χ4n) is 1.98. The number of aromatic nitrogens is 3. The van der Waals surface area contributed by atoms with Gasteiger partial charge < -0.3 is 10.1 Å². The second kappa shape index (κ2) is 6.17. The summed E-state index contributed by atoms with van der Waals surface area (Å²) in [4.78, 5) is 16.3. The van der Waals surface area contributed by atoms with E-state index in [1.807, 2.05) is 0 Å². The third-order valence-electron chi connectivity index (χ3n) is 3.11. The molecule has 0 fully saturated rings. The summed E-state index contributed by atoms with van der Waals surface area (Å²) in [5.41, 5.74) is 1.13. The summed E-state index contributed by atoms with van der Waals surface area (Å²) in [5.74, 6) is -0.385. The fourth-order valence-corrected chi connectivity index (χ4v) is 2.81. The van der Waals surface area contributed by atoms with Crippen LogP contribution in [0.25, 0.3) is 10.6 Å². The Morgan fingerprint density at radius 1 is 1.43 bits per heavy atom. The smallest absolute Gasteiger partial charge is 0.275 e. The maximum Gasteiger partial charge on any atom is 0.275 e. The number of thiazole rings is 1. The van der Waals surface area contributed by atoms with E-state index in [4.69, 9.17) is 4.74 Å². The monoisotopic (exact) mass is 332 g/mol. The van der Waals surface area contributed by atoms with Gasteiger partial charge in [0.05, 0.1) is 19.0 Å². The van der Waals surface area contributed by atoms with Crippen LogP contribution in [-0.4, -0.2) is 27.8 Å². The Kier molecular flexibility index (Phi) is 4.07. The van der Waals surface area contributed by atoms with Gasteiger partial charge in [-0.25, -0.2) is 9.37 Å². The molecule has 1 amide bonds. The lowest BCUT2D eigenvalue weighted by Gasteiger charge is -2.03. The number of methoxy groups -OCH3 is 1. The van der Waals surface area contributed by atoms with Gasteiger partial charge in [0.15, 0.2) is 0 Å². The molecule has 23 heavy (non-hydrogen) atoms. The van der Waals surface area contributed by atoms with E-state index in [1.54, 1.807) is 35.4 Å². The van der Waals surface area contributed by atoms with Crippen LogP contribution in [0.3, 0.4) is 0 Å². The average molecular weight is 332 g/mol. The highest BCUT2D eigenvalue weighted by Crippen LogP contribution is 2.29. The number of hydrogen-bond acceptors (Lipinski definition) is 5. The maximum absolute atomic E-state index is 14.1. The lowest BCUT2D eigenvalue weighted by Crippen LogP contribution is -2.11. The zero-order valence-electron chi connectivity index (χ0n) is 12.4. The van der Waals surface area contributed by atoms with E-state index < -0.39 is 5.82 Å². The molecule has 0 aliphatic carbocycles. The van der Waals surface area contributed by atoms with Crippen LogP contribution in [0, 0.1) is 5.82 Å². The van der Waals surface area contributed by atoms with Gasteiger partial charge in [0.1, 0.15) is 22.3 Å². The van der Waals surface area contributed by atoms with Gasteiger partial charge in [-0.3, -0.25) is 9.48 Å². The van der Waals surface area contributed by atoms with Crippen LogP contribution in [0.1, 0.15) is 10.5 Å². The molecule has 8 heteroatoms. The number of anilines is 1. The average Bonchev–Trinajstić information content (AvgIpc) is 3.16. The number of aryl methyl sites for hydroxylation is 1. The third kappa shape index (κ3) is 3.21. The van der Waals surface area contributed by atoms with Crippen molar-refractivity contribution in [3.05, 3.63) is 47.5 Å². The van der Waals surface area contributed by atoms with Crippen molar-refractivity contribution in [3.63, 3.8) is 0 Å². The number of carbonyl (C=O) groups excluding carboxylic acids is 1. The Morgan fingerprint density at radius 3 is 2.91 bits per heavy atom. The molecular formula is C15H13FN4O2S. The predicted molar refractivity (Wildman–Crippen MR) is 85.2 cm³/mol. The number of halogens is 1. The summed E-state index contributed by atoms with van der Waals surface area (Å²) in [6.07, 6.45) is 3.21. The molecule has 0 radical (unpaired) electrons. The van der Waals surface area contributed by atoms with Crippen LogP contribution in [0.5, 0.6) is 5.75 Å². The molecule has 1 N–H and O–H groups in total. The highest BCUT2D eigenvalue weighted by molar-refractivity contribution is 7.13. The van der Waals surface area contributed by atoms with Crippen molar-refractivity contribution in [2.75, 3.05) is 12.4 Å². The first kappa shape index (κ1) is 15.2. The van der Waals surface area contributed by atoms with E-state index in [0.717, 1.165) is 0 Å². The number of ether oxygens (including phenoxy) is 1. The van der Waals surface area contributed by atoms with Crippen LogP contribution in [0.2, 0.25) is 0 Å². The van der Waals surface area contributed by atoms with Crippen molar-refractivity contribution in [1.29, 1.82) is 0 Å². The first-order valence-electron chi connectivity index (χ1n) is 6.66. The number of nitrogens with one attached hydrogen (secondary N) is 1. The van der Waals surface area contributed by atoms with E-state index in [2.05, 4.69) is 15.4 Å². The molecule has 6 nitrogen and oxygen atoms in total. The van der Waals surface area contributed by atoms with Crippen LogP contribution in [0.4, 0.5) is 10.1 Å². The maximum atomic E-state index is 14.1. The first-order valence-corrected chi connectivity index (χ1v) is 7.54. The Labute approximate surface area is 135 Å². The van der Waals surface area contributed by atoms with E-state index in [1.165, 1.54) is 30.7 Å². The second-order valence-electron chi connectivity index (χ2n) is 4.74. The summed E-state index contributed by atoms with van der Waals surface area (Å²) in [5, 5.41) is 8.67. The summed E-state index contributed by atoms with van der Waals surface area (Å²) >= 11 is 1.20. The molecule has 0 aliphatic heterocycles. The zero-order valence-corrected chi connectivity index (χ0v) is 13.2. The summed E-state index contributed by atoms with van der Waals surface area (Å²) < 4.78 is 20.6. The van der Waals surface area contributed by atoms with Gasteiger partial charge in [-0.15, -0.1) is 11.3 Å². The molecule has 1 aromatic carbocycles. The predicted octanol–water partition coefficient (Wildman–Crippen LogP) is 2.94. The molecule has 3 aromatic rings. The van der Waals surface area contributed by atoms with Crippen molar-refractivity contribution in [1.82, 2.24) is 14.8 Å². The van der Waals surface area contributed by atoms with Gasteiger partial charge >= 0.3 is 0 Å². The minimum Gasteiger partial charge on any atom is -0.497 e. The minimum atomic E-state index is -0.446. The summed E-state index contributed by atoms with van der Waals surface area (Å²) in [6, 6.07) is 4.51. The SMILES string of the molecule is COc1ccc(-c2nc(C(=O)Nc3cnn(C)c3)cs2)c(F)c1. The van der Waals surface area contributed by atoms with Crippen LogP contribution in [-0.2, 0) is 7.05 Å². The van der Waals surface area contributed by atoms with Crippen LogP contribution < -0.4 is 10.1 Å². The lowest BCUT2D eigenvalue weighted by molar-refractivity contribution is 0.102. The number of nitrogens with zero attached hydrogens (tertiary/aromatic N) is 3. The number of rotatable bonds is 4. The van der Waals surface area contributed by atoms with Crippen LogP contribution >= 0.6 is 11.3 Å². The molecule has 0 saturated carbocycles. The van der Waals surface area contributed by atoms with Crippen molar-refractivity contribution < 1.29 is 13.9 Å². The molecule has 0 unspecified atom stereocenters. The molecule has 0 aliphatic rings. The molecular weight excluding hydrogens is 319 g/mol. The molecule has 118 valence electrons. The van der Waals surface area contributed by atoms with E-state index >= 15 is 0 Å². The topological polar surface area (TPSA) is 69.0 Å². The summed E-state index contributed by atoms with van der Waals surface area (Å²) in [6.45, 7) is 0. The molecule has 0 bridgehead atoms. The molecule has 3 rings (SSSR count). The second-order valence-corrected chi connectivity index (χ2v) is 5.60. The Balaban J connectivity index is 1.81. The van der Waals surface area contributed by atoms with Crippen molar-refractivity contribution in [2.45, 2.75) is 0 Å². The minimum absolute atomic E-state index is 0.226. The van der Waals surface area contributed by atoms with Crippen LogP contribution in [0.15, 0.2) is 36.0 Å². The fraction of sp³-hybridized carbons (Fsp3) is 0.133. The standard InChI is InChI=1S/C15H13FN4O2S/c1-20-7-9(6-17-20)18-14(21)13-8-23-15(19-13)11-4-3-10(22-2)5-12(11)16/h3-8H,1-2H3,(H,18,21). The molecule has 0 spiro atoms. The Morgan fingerprint density at radius 2 is 2.26 bits per heavy atom. The number of carbonyl (C=O) groups is 1. The van der Waals surface area contributed by atoms with Crippen molar-refractivity contribution >= 4 is 22.9 Å². The highest BCUT2D eigenvalue weighted by atomic mass is 32.1. The van der Waals surface area contributed by atoms with Gasteiger partial charge in [0.25, 0.3) is 5.91 Å². The number of benzene rings is 1. The Hall–Kier alpha value is -2.74. The zero-order chi connectivity index (χ0) is 16.4. The van der Waals surface area contributed by atoms with Crippen molar-refractivity contribution in [3.8, 4) is 16.3 Å². The highest BCUT2D eigenvalue weighted by Gasteiger charge is 2.15. The molecule has 2 heterocycles.